The van der Waals surface area contributed by atoms with Gasteiger partial charge in [-0.15, -0.1) is 0 Å². The molecule has 0 spiro atoms. The Morgan fingerprint density at radius 2 is 1.85 bits per heavy atom. The zero-order chi connectivity index (χ0) is 14.5. The maximum absolute atomic E-state index is 13.0. The molecule has 0 bridgehead atoms. The first-order valence-corrected chi connectivity index (χ1v) is 7.87. The van der Waals surface area contributed by atoms with Crippen LogP contribution >= 0.6 is 0 Å². The molecule has 2 N–H and O–H groups in total. The highest BCUT2D eigenvalue weighted by atomic mass is 19.1. The molecule has 1 fully saturated rings. The number of benzene rings is 1. The summed E-state index contributed by atoms with van der Waals surface area (Å²) in [6.45, 7) is 6.73. The van der Waals surface area contributed by atoms with E-state index in [1.54, 1.807) is 12.1 Å². The van der Waals surface area contributed by atoms with Crippen LogP contribution in [0.1, 0.15) is 51.1 Å². The summed E-state index contributed by atoms with van der Waals surface area (Å²) in [6, 6.07) is 6.87. The minimum atomic E-state index is -0.200. The molecule has 1 aromatic rings. The van der Waals surface area contributed by atoms with E-state index in [9.17, 15) is 4.39 Å². The van der Waals surface area contributed by atoms with E-state index in [0.29, 0.717) is 6.04 Å². The lowest BCUT2D eigenvalue weighted by molar-refractivity contribution is 0.122. The van der Waals surface area contributed by atoms with E-state index in [4.69, 9.17) is 5.73 Å². The number of halogens is 1. The molecular weight excluding hydrogens is 251 g/mol. The number of nitrogens with two attached hydrogens (primary N) is 1. The van der Waals surface area contributed by atoms with E-state index in [1.807, 2.05) is 0 Å². The Labute approximate surface area is 122 Å². The molecule has 1 aliphatic rings. The van der Waals surface area contributed by atoms with E-state index < -0.39 is 0 Å². The number of nitrogens with zero attached hydrogens (tertiary/aromatic N) is 1. The summed E-state index contributed by atoms with van der Waals surface area (Å²) < 4.78 is 13.0. The van der Waals surface area contributed by atoms with Crippen molar-refractivity contribution in [2.75, 3.05) is 13.1 Å². The summed E-state index contributed by atoms with van der Waals surface area (Å²) in [6.07, 6.45) is 5.21. The maximum Gasteiger partial charge on any atom is 0.123 e. The summed E-state index contributed by atoms with van der Waals surface area (Å²) in [5.41, 5.74) is 7.37. The average molecular weight is 278 g/mol. The van der Waals surface area contributed by atoms with Crippen molar-refractivity contribution >= 4 is 0 Å². The van der Waals surface area contributed by atoms with Crippen LogP contribution in [0.2, 0.25) is 0 Å². The van der Waals surface area contributed by atoms with Gasteiger partial charge in [0.2, 0.25) is 0 Å². The maximum atomic E-state index is 13.0. The van der Waals surface area contributed by atoms with Crippen molar-refractivity contribution in [3.8, 4) is 0 Å². The predicted octanol–water partition coefficient (Wildman–Crippen LogP) is 3.73. The molecular formula is C17H27FN2. The second-order valence-corrected chi connectivity index (χ2v) is 6.09. The molecule has 2 atom stereocenters. The number of likely N-dealkylation sites (tertiary alicyclic amines) is 1. The van der Waals surface area contributed by atoms with Crippen LogP contribution < -0.4 is 5.73 Å². The van der Waals surface area contributed by atoms with Gasteiger partial charge in [-0.1, -0.05) is 31.9 Å². The van der Waals surface area contributed by atoms with E-state index in [1.165, 1.54) is 37.8 Å². The minimum Gasteiger partial charge on any atom is -0.323 e. The summed E-state index contributed by atoms with van der Waals surface area (Å²) >= 11 is 0. The topological polar surface area (TPSA) is 29.3 Å². The van der Waals surface area contributed by atoms with Gasteiger partial charge in [0, 0.05) is 12.1 Å². The second kappa shape index (κ2) is 7.19. The first-order valence-electron chi connectivity index (χ1n) is 7.87. The minimum absolute atomic E-state index is 0.0432. The Balaban J connectivity index is 1.91. The van der Waals surface area contributed by atoms with Gasteiger partial charge in [-0.25, -0.2) is 4.39 Å². The van der Waals surface area contributed by atoms with Crippen LogP contribution in [-0.2, 0) is 0 Å². The summed E-state index contributed by atoms with van der Waals surface area (Å²) in [5, 5.41) is 0. The molecule has 112 valence electrons. The van der Waals surface area contributed by atoms with Crippen molar-refractivity contribution in [3.63, 3.8) is 0 Å². The van der Waals surface area contributed by atoms with Gasteiger partial charge in [0.05, 0.1) is 0 Å². The number of hydrogen-bond donors (Lipinski definition) is 1. The summed E-state index contributed by atoms with van der Waals surface area (Å²) in [5.74, 6) is 0.694. The van der Waals surface area contributed by atoms with Crippen molar-refractivity contribution < 1.29 is 4.39 Å². The smallest absolute Gasteiger partial charge is 0.123 e. The number of rotatable bonds is 5. The highest BCUT2D eigenvalue weighted by molar-refractivity contribution is 5.21. The second-order valence-electron chi connectivity index (χ2n) is 6.09. The lowest BCUT2D eigenvalue weighted by atomic mass is 9.90. The van der Waals surface area contributed by atoms with Gasteiger partial charge in [-0.3, -0.25) is 4.90 Å². The van der Waals surface area contributed by atoms with Gasteiger partial charge < -0.3 is 5.73 Å². The Hall–Kier alpha value is -0.930. The molecule has 0 aliphatic carbocycles. The largest absolute Gasteiger partial charge is 0.323 e. The van der Waals surface area contributed by atoms with Gasteiger partial charge in [0.1, 0.15) is 5.82 Å². The van der Waals surface area contributed by atoms with Gasteiger partial charge in [-0.2, -0.15) is 0 Å². The summed E-state index contributed by atoms with van der Waals surface area (Å²) in [7, 11) is 0. The fraction of sp³-hybridized carbons (Fsp3) is 0.647. The highest BCUT2D eigenvalue weighted by Crippen LogP contribution is 2.26. The van der Waals surface area contributed by atoms with Crippen LogP contribution in [-0.4, -0.2) is 24.0 Å². The lowest BCUT2D eigenvalue weighted by Crippen LogP contribution is -2.45. The number of piperidine rings is 1. The lowest BCUT2D eigenvalue weighted by Gasteiger charge is -2.38. The van der Waals surface area contributed by atoms with Crippen LogP contribution in [0.4, 0.5) is 4.39 Å². The zero-order valence-corrected chi connectivity index (χ0v) is 12.7. The van der Waals surface area contributed by atoms with Crippen LogP contribution in [0.15, 0.2) is 24.3 Å². The molecule has 20 heavy (non-hydrogen) atoms. The van der Waals surface area contributed by atoms with Crippen molar-refractivity contribution in [1.82, 2.24) is 4.90 Å². The van der Waals surface area contributed by atoms with Crippen LogP contribution in [0.5, 0.6) is 0 Å². The van der Waals surface area contributed by atoms with Gasteiger partial charge in [0.25, 0.3) is 0 Å². The monoisotopic (exact) mass is 278 g/mol. The van der Waals surface area contributed by atoms with Crippen molar-refractivity contribution in [2.45, 2.75) is 51.6 Å². The first kappa shape index (κ1) is 15.5. The highest BCUT2D eigenvalue weighted by Gasteiger charge is 2.26. The van der Waals surface area contributed by atoms with E-state index in [0.717, 1.165) is 24.6 Å². The SMILES string of the molecule is CCCC1CCN(C(C)C(N)c2ccc(F)cc2)CC1. The molecule has 3 heteroatoms. The van der Waals surface area contributed by atoms with E-state index in [2.05, 4.69) is 18.7 Å². The third-order valence-electron chi connectivity index (χ3n) is 4.70. The molecule has 0 saturated carbocycles. The first-order chi connectivity index (χ1) is 9.61. The van der Waals surface area contributed by atoms with Crippen LogP contribution in [0, 0.1) is 11.7 Å². The number of hydrogen-bond acceptors (Lipinski definition) is 2. The van der Waals surface area contributed by atoms with Crippen LogP contribution in [0.3, 0.4) is 0 Å². The molecule has 1 saturated heterocycles. The molecule has 0 radical (unpaired) electrons. The predicted molar refractivity (Wildman–Crippen MR) is 82.0 cm³/mol. The normalized spacial score (nSPS) is 20.8. The quantitative estimate of drug-likeness (QED) is 0.889. The van der Waals surface area contributed by atoms with Crippen molar-refractivity contribution in [3.05, 3.63) is 35.6 Å². The molecule has 2 rings (SSSR count). The fourth-order valence-corrected chi connectivity index (χ4v) is 3.25. The van der Waals surface area contributed by atoms with E-state index in [-0.39, 0.29) is 11.9 Å². The van der Waals surface area contributed by atoms with Gasteiger partial charge in [0.15, 0.2) is 0 Å². The molecule has 2 nitrogen and oxygen atoms in total. The van der Waals surface area contributed by atoms with E-state index >= 15 is 0 Å². The Morgan fingerprint density at radius 3 is 2.40 bits per heavy atom. The zero-order valence-electron chi connectivity index (χ0n) is 12.7. The van der Waals surface area contributed by atoms with Gasteiger partial charge >= 0.3 is 0 Å². The molecule has 1 aromatic carbocycles. The Bertz CT molecular complexity index is 396. The Kier molecular flexibility index (Phi) is 5.55. The summed E-state index contributed by atoms with van der Waals surface area (Å²) in [4.78, 5) is 2.49. The van der Waals surface area contributed by atoms with Crippen molar-refractivity contribution in [2.24, 2.45) is 11.7 Å². The third-order valence-corrected chi connectivity index (χ3v) is 4.70. The standard InChI is InChI=1S/C17H27FN2/c1-3-4-14-9-11-20(12-10-14)13(2)17(19)15-5-7-16(18)8-6-15/h5-8,13-14,17H,3-4,9-12,19H2,1-2H3. The van der Waals surface area contributed by atoms with Gasteiger partial charge in [-0.05, 0) is 56.5 Å². The third kappa shape index (κ3) is 3.80. The molecule has 1 heterocycles. The molecule has 0 aromatic heterocycles. The molecule has 1 aliphatic heterocycles. The van der Waals surface area contributed by atoms with Crippen LogP contribution in [0.25, 0.3) is 0 Å². The fourth-order valence-electron chi connectivity index (χ4n) is 3.25. The average Bonchev–Trinajstić information content (AvgIpc) is 2.48. The molecule has 0 amide bonds. The Morgan fingerprint density at radius 1 is 1.25 bits per heavy atom. The molecule has 2 unspecified atom stereocenters. The van der Waals surface area contributed by atoms with Crippen molar-refractivity contribution in [1.29, 1.82) is 0 Å².